The van der Waals surface area contributed by atoms with Gasteiger partial charge in [0, 0.05) is 42.8 Å². The Morgan fingerprint density at radius 1 is 1.24 bits per heavy atom. The molecule has 2 rings (SSSR count). The highest BCUT2D eigenvalue weighted by molar-refractivity contribution is 9.10. The average Bonchev–Trinajstić information content (AvgIpc) is 2.47. The minimum atomic E-state index is -0.779. The normalized spacial score (nSPS) is 16.0. The van der Waals surface area contributed by atoms with Gasteiger partial charge in [-0.25, -0.2) is 0 Å². The number of nitrogens with zero attached hydrogens (tertiary/aromatic N) is 2. The number of carboxylic acids is 1. The van der Waals surface area contributed by atoms with Crippen LogP contribution < -0.4 is 0 Å². The number of halogens is 1. The van der Waals surface area contributed by atoms with Gasteiger partial charge in [0.15, 0.2) is 0 Å². The van der Waals surface area contributed by atoms with E-state index in [-0.39, 0.29) is 12.3 Å². The van der Waals surface area contributed by atoms with Gasteiger partial charge in [-0.1, -0.05) is 22.0 Å². The van der Waals surface area contributed by atoms with Crippen molar-refractivity contribution >= 4 is 27.8 Å². The van der Waals surface area contributed by atoms with E-state index in [1.54, 1.807) is 0 Å². The fourth-order valence-electron chi connectivity index (χ4n) is 2.42. The first-order valence-corrected chi connectivity index (χ1v) is 7.76. The van der Waals surface area contributed by atoms with Crippen molar-refractivity contribution in [3.63, 3.8) is 0 Å². The van der Waals surface area contributed by atoms with Crippen LogP contribution in [0.1, 0.15) is 22.3 Å². The van der Waals surface area contributed by atoms with Crippen molar-refractivity contribution in [3.8, 4) is 0 Å². The molecule has 1 saturated heterocycles. The maximum Gasteiger partial charge on any atom is 0.304 e. The molecule has 0 aliphatic carbocycles. The van der Waals surface area contributed by atoms with E-state index in [0.717, 1.165) is 28.7 Å². The van der Waals surface area contributed by atoms with E-state index >= 15 is 0 Å². The highest BCUT2D eigenvalue weighted by Crippen LogP contribution is 2.18. The summed E-state index contributed by atoms with van der Waals surface area (Å²) in [6.07, 6.45) is 0.151. The smallest absolute Gasteiger partial charge is 0.304 e. The molecule has 1 fully saturated rings. The van der Waals surface area contributed by atoms with Gasteiger partial charge in [-0.15, -0.1) is 0 Å². The molecule has 1 aliphatic rings. The molecule has 0 unspecified atom stereocenters. The summed E-state index contributed by atoms with van der Waals surface area (Å²) in [5.41, 5.74) is 1.69. The summed E-state index contributed by atoms with van der Waals surface area (Å²) >= 11 is 3.40. The molecule has 1 heterocycles. The molecule has 0 aromatic heterocycles. The van der Waals surface area contributed by atoms with Gasteiger partial charge in [0.05, 0.1) is 6.42 Å². The van der Waals surface area contributed by atoms with Crippen molar-refractivity contribution in [2.45, 2.75) is 13.3 Å². The Kier molecular flexibility index (Phi) is 5.36. The standard InChI is InChI=1S/C15H19BrN2O3/c1-11-2-3-12(16)10-13(11)15(21)18-8-6-17(7-9-18)5-4-14(19)20/h2-3,10H,4-9H2,1H3,(H,19,20). The lowest BCUT2D eigenvalue weighted by molar-refractivity contribution is -0.137. The predicted octanol–water partition coefficient (Wildman–Crippen LogP) is 1.99. The second-order valence-corrected chi connectivity index (χ2v) is 6.15. The highest BCUT2D eigenvalue weighted by Gasteiger charge is 2.23. The molecule has 0 radical (unpaired) electrons. The van der Waals surface area contributed by atoms with Crippen LogP contribution in [0.5, 0.6) is 0 Å². The van der Waals surface area contributed by atoms with Crippen LogP contribution >= 0.6 is 15.9 Å². The Hall–Kier alpha value is -1.40. The van der Waals surface area contributed by atoms with E-state index in [2.05, 4.69) is 20.8 Å². The Bertz CT molecular complexity index is 540. The van der Waals surface area contributed by atoms with E-state index < -0.39 is 5.97 Å². The Morgan fingerprint density at radius 2 is 1.90 bits per heavy atom. The molecular formula is C15H19BrN2O3. The monoisotopic (exact) mass is 354 g/mol. The summed E-state index contributed by atoms with van der Waals surface area (Å²) in [7, 11) is 0. The molecule has 6 heteroatoms. The fourth-order valence-corrected chi connectivity index (χ4v) is 2.78. The minimum absolute atomic E-state index is 0.0479. The Balaban J connectivity index is 1.94. The van der Waals surface area contributed by atoms with Gasteiger partial charge in [-0.3, -0.25) is 14.5 Å². The van der Waals surface area contributed by atoms with E-state index in [1.165, 1.54) is 0 Å². The van der Waals surface area contributed by atoms with Gasteiger partial charge < -0.3 is 10.0 Å². The molecule has 1 N–H and O–H groups in total. The molecule has 1 aromatic carbocycles. The molecular weight excluding hydrogens is 336 g/mol. The number of carbonyl (C=O) groups excluding carboxylic acids is 1. The van der Waals surface area contributed by atoms with Crippen LogP contribution in [0.3, 0.4) is 0 Å². The number of aliphatic carboxylic acids is 1. The van der Waals surface area contributed by atoms with Gasteiger partial charge in [-0.2, -0.15) is 0 Å². The molecule has 5 nitrogen and oxygen atoms in total. The molecule has 21 heavy (non-hydrogen) atoms. The molecule has 0 spiro atoms. The highest BCUT2D eigenvalue weighted by atomic mass is 79.9. The van der Waals surface area contributed by atoms with Crippen LogP contribution in [0.25, 0.3) is 0 Å². The zero-order chi connectivity index (χ0) is 15.4. The maximum atomic E-state index is 12.5. The lowest BCUT2D eigenvalue weighted by Gasteiger charge is -2.34. The van der Waals surface area contributed by atoms with E-state index in [1.807, 2.05) is 30.0 Å². The van der Waals surface area contributed by atoms with Gasteiger partial charge in [-0.05, 0) is 24.6 Å². The van der Waals surface area contributed by atoms with Crippen LogP contribution in [0, 0.1) is 6.92 Å². The average molecular weight is 355 g/mol. The van der Waals surface area contributed by atoms with Crippen LogP contribution in [0.4, 0.5) is 0 Å². The van der Waals surface area contributed by atoms with Gasteiger partial charge in [0.1, 0.15) is 0 Å². The number of amides is 1. The molecule has 114 valence electrons. The lowest BCUT2D eigenvalue weighted by atomic mass is 10.1. The predicted molar refractivity (Wildman–Crippen MR) is 83.5 cm³/mol. The number of benzene rings is 1. The summed E-state index contributed by atoms with van der Waals surface area (Å²) in [6.45, 7) is 5.23. The number of hydrogen-bond donors (Lipinski definition) is 1. The van der Waals surface area contributed by atoms with Crippen molar-refractivity contribution in [1.82, 2.24) is 9.80 Å². The summed E-state index contributed by atoms with van der Waals surface area (Å²) in [5.74, 6) is -0.732. The van der Waals surface area contributed by atoms with Crippen molar-refractivity contribution in [1.29, 1.82) is 0 Å². The van der Waals surface area contributed by atoms with Crippen LogP contribution in [-0.4, -0.2) is 59.5 Å². The fraction of sp³-hybridized carbons (Fsp3) is 0.467. The number of piperazine rings is 1. The zero-order valence-electron chi connectivity index (χ0n) is 12.0. The molecule has 0 saturated carbocycles. The van der Waals surface area contributed by atoms with Crippen molar-refractivity contribution < 1.29 is 14.7 Å². The van der Waals surface area contributed by atoms with E-state index in [0.29, 0.717) is 19.6 Å². The van der Waals surface area contributed by atoms with E-state index in [9.17, 15) is 9.59 Å². The summed E-state index contributed by atoms with van der Waals surface area (Å²) in [5, 5.41) is 8.69. The Morgan fingerprint density at radius 3 is 2.52 bits per heavy atom. The molecule has 1 amide bonds. The van der Waals surface area contributed by atoms with Crippen molar-refractivity contribution in [3.05, 3.63) is 33.8 Å². The van der Waals surface area contributed by atoms with E-state index in [4.69, 9.17) is 5.11 Å². The van der Waals surface area contributed by atoms with Crippen LogP contribution in [-0.2, 0) is 4.79 Å². The quantitative estimate of drug-likeness (QED) is 0.898. The third-order valence-electron chi connectivity index (χ3n) is 3.73. The third kappa shape index (κ3) is 4.28. The van der Waals surface area contributed by atoms with Crippen molar-refractivity contribution in [2.24, 2.45) is 0 Å². The zero-order valence-corrected chi connectivity index (χ0v) is 13.6. The SMILES string of the molecule is Cc1ccc(Br)cc1C(=O)N1CCN(CCC(=O)O)CC1. The van der Waals surface area contributed by atoms with Crippen LogP contribution in [0.15, 0.2) is 22.7 Å². The molecule has 1 aromatic rings. The number of hydrogen-bond acceptors (Lipinski definition) is 3. The largest absolute Gasteiger partial charge is 0.481 e. The number of rotatable bonds is 4. The van der Waals surface area contributed by atoms with Gasteiger partial charge in [0.25, 0.3) is 5.91 Å². The minimum Gasteiger partial charge on any atom is -0.481 e. The third-order valence-corrected chi connectivity index (χ3v) is 4.22. The molecule has 0 bridgehead atoms. The first-order valence-electron chi connectivity index (χ1n) is 6.97. The number of carboxylic acid groups (broad SMARTS) is 1. The second kappa shape index (κ2) is 7.04. The summed E-state index contributed by atoms with van der Waals surface area (Å²) in [4.78, 5) is 27.0. The van der Waals surface area contributed by atoms with Crippen LogP contribution in [0.2, 0.25) is 0 Å². The molecule has 1 aliphatic heterocycles. The van der Waals surface area contributed by atoms with Gasteiger partial charge >= 0.3 is 5.97 Å². The van der Waals surface area contributed by atoms with Gasteiger partial charge in [0.2, 0.25) is 0 Å². The number of aryl methyl sites for hydroxylation is 1. The topological polar surface area (TPSA) is 60.9 Å². The van der Waals surface area contributed by atoms with Crippen molar-refractivity contribution in [2.75, 3.05) is 32.7 Å². The molecule has 0 atom stereocenters. The second-order valence-electron chi connectivity index (χ2n) is 5.24. The lowest BCUT2D eigenvalue weighted by Crippen LogP contribution is -2.49. The Labute approximate surface area is 132 Å². The summed E-state index contributed by atoms with van der Waals surface area (Å²) < 4.78 is 0.900. The first-order chi connectivity index (χ1) is 9.97. The maximum absolute atomic E-state index is 12.5. The number of carbonyl (C=O) groups is 2. The first kappa shape index (κ1) is 16.0. The summed E-state index contributed by atoms with van der Waals surface area (Å²) in [6, 6.07) is 5.71.